The normalized spacial score (nSPS) is 11.8. The maximum absolute atomic E-state index is 14.0. The van der Waals surface area contributed by atoms with Gasteiger partial charge in [0.05, 0.1) is 16.7 Å². The first-order valence-electron chi connectivity index (χ1n) is 9.18. The monoisotopic (exact) mass is 399 g/mol. The molecule has 0 amide bonds. The van der Waals surface area contributed by atoms with Gasteiger partial charge in [0.25, 0.3) is 0 Å². The van der Waals surface area contributed by atoms with Gasteiger partial charge in [0.15, 0.2) is 5.82 Å². The number of aromatic nitrogens is 4. The number of imidazole rings is 1. The molecule has 148 valence electrons. The van der Waals surface area contributed by atoms with E-state index in [0.717, 1.165) is 5.69 Å². The summed E-state index contributed by atoms with van der Waals surface area (Å²) in [6.45, 7) is 5.60. The van der Waals surface area contributed by atoms with Gasteiger partial charge >= 0.3 is 0 Å². The van der Waals surface area contributed by atoms with Crippen molar-refractivity contribution in [3.05, 3.63) is 84.1 Å². The van der Waals surface area contributed by atoms with Crippen LogP contribution in [0, 0.1) is 24.1 Å². The second-order valence-corrected chi connectivity index (χ2v) is 6.63. The lowest BCUT2D eigenvalue weighted by atomic mass is 10.2. The molecular weight excluding hydrogens is 381 g/mol. The summed E-state index contributed by atoms with van der Waals surface area (Å²) in [5.41, 5.74) is 8.58. The van der Waals surface area contributed by atoms with Gasteiger partial charge in [0.2, 0.25) is 5.95 Å². The fourth-order valence-electron chi connectivity index (χ4n) is 3.33. The summed E-state index contributed by atoms with van der Waals surface area (Å²) in [5.74, 6) is 0.538. The number of hydrogen-bond donors (Lipinski definition) is 2. The second kappa shape index (κ2) is 7.64. The Kier molecular flexibility index (Phi) is 4.86. The molecule has 0 saturated heterocycles. The highest BCUT2D eigenvalue weighted by atomic mass is 19.1. The van der Waals surface area contributed by atoms with E-state index in [9.17, 15) is 9.65 Å². The van der Waals surface area contributed by atoms with Crippen LogP contribution in [0.1, 0.15) is 23.1 Å². The van der Waals surface area contributed by atoms with Crippen molar-refractivity contribution >= 4 is 22.8 Å². The molecule has 0 radical (unpaired) electrons. The van der Waals surface area contributed by atoms with Gasteiger partial charge in [0, 0.05) is 11.8 Å². The first-order chi connectivity index (χ1) is 14.5. The van der Waals surface area contributed by atoms with Crippen LogP contribution in [-0.2, 0) is 0 Å². The highest BCUT2D eigenvalue weighted by molar-refractivity contribution is 5.79. The highest BCUT2D eigenvalue weighted by Crippen LogP contribution is 2.29. The Balaban J connectivity index is 1.90. The van der Waals surface area contributed by atoms with Crippen LogP contribution < -0.4 is 11.1 Å². The van der Waals surface area contributed by atoms with Crippen molar-refractivity contribution in [3.8, 4) is 11.8 Å². The van der Waals surface area contributed by atoms with E-state index in [1.165, 1.54) is 12.1 Å². The number of benzene rings is 2. The van der Waals surface area contributed by atoms with Crippen molar-refractivity contribution in [3.63, 3.8) is 0 Å². The maximum atomic E-state index is 14.0. The Morgan fingerprint density at radius 3 is 2.67 bits per heavy atom. The number of halogens is 1. The van der Waals surface area contributed by atoms with E-state index in [1.54, 1.807) is 19.1 Å². The first kappa shape index (κ1) is 19.1. The Morgan fingerprint density at radius 1 is 1.20 bits per heavy atom. The number of nitrogen functional groups attached to an aromatic ring is 1. The second-order valence-electron chi connectivity index (χ2n) is 6.63. The number of nitrogens with one attached hydrogen (secondary N) is 1. The summed E-state index contributed by atoms with van der Waals surface area (Å²) in [5, 5.41) is 12.7. The minimum Gasteiger partial charge on any atom is -0.368 e. The van der Waals surface area contributed by atoms with E-state index in [2.05, 4.69) is 27.9 Å². The molecule has 0 fully saturated rings. The van der Waals surface area contributed by atoms with Crippen LogP contribution in [0.15, 0.2) is 61.2 Å². The van der Waals surface area contributed by atoms with Crippen LogP contribution >= 0.6 is 0 Å². The summed E-state index contributed by atoms with van der Waals surface area (Å²) in [4.78, 5) is 12.9. The van der Waals surface area contributed by atoms with Crippen molar-refractivity contribution in [1.82, 2.24) is 19.5 Å². The number of aryl methyl sites for hydroxylation is 1. The van der Waals surface area contributed by atoms with Gasteiger partial charge in [0.1, 0.15) is 29.3 Å². The summed E-state index contributed by atoms with van der Waals surface area (Å²) in [7, 11) is 0. The van der Waals surface area contributed by atoms with Crippen LogP contribution in [0.5, 0.6) is 0 Å². The average molecular weight is 399 g/mol. The highest BCUT2D eigenvalue weighted by Gasteiger charge is 2.22. The van der Waals surface area contributed by atoms with Gasteiger partial charge in [-0.3, -0.25) is 4.57 Å². The number of fused-ring (bicyclic) bond motifs is 1. The average Bonchev–Trinajstić information content (AvgIpc) is 3.10. The van der Waals surface area contributed by atoms with E-state index < -0.39 is 6.04 Å². The quantitative estimate of drug-likeness (QED) is 0.490. The number of nitriles is 1. The summed E-state index contributed by atoms with van der Waals surface area (Å²) >= 11 is 0. The van der Waals surface area contributed by atoms with Gasteiger partial charge in [-0.2, -0.15) is 10.2 Å². The summed E-state index contributed by atoms with van der Waals surface area (Å²) < 4.78 is 15.9. The predicted molar refractivity (Wildman–Crippen MR) is 113 cm³/mol. The Hall–Kier alpha value is -4.25. The van der Waals surface area contributed by atoms with Gasteiger partial charge in [-0.05, 0) is 31.2 Å². The zero-order chi connectivity index (χ0) is 21.3. The van der Waals surface area contributed by atoms with Crippen LogP contribution in [0.25, 0.3) is 16.7 Å². The number of anilines is 2. The Labute approximate surface area is 172 Å². The molecular formula is C22H18FN7. The van der Waals surface area contributed by atoms with Crippen LogP contribution in [-0.4, -0.2) is 19.5 Å². The molecule has 0 saturated carbocycles. The van der Waals surface area contributed by atoms with Crippen molar-refractivity contribution in [2.75, 3.05) is 11.1 Å². The molecule has 4 aromatic rings. The minimum atomic E-state index is -0.540. The molecule has 2 aromatic heterocycles. The van der Waals surface area contributed by atoms with E-state index in [-0.39, 0.29) is 23.1 Å². The third kappa shape index (κ3) is 3.33. The van der Waals surface area contributed by atoms with E-state index >= 15 is 0 Å². The predicted octanol–water partition coefficient (Wildman–Crippen LogP) is 4.06. The molecule has 8 heteroatoms. The molecule has 0 bridgehead atoms. The lowest BCUT2D eigenvalue weighted by Crippen LogP contribution is -2.17. The molecule has 0 spiro atoms. The zero-order valence-electron chi connectivity index (χ0n) is 16.2. The molecule has 30 heavy (non-hydrogen) atoms. The fraction of sp³-hybridized carbons (Fsp3) is 0.0909. The first-order valence-corrected chi connectivity index (χ1v) is 9.18. The topological polar surface area (TPSA) is 105 Å². The maximum Gasteiger partial charge on any atom is 0.222 e. The Bertz CT molecular complexity index is 1290. The number of para-hydroxylation sites is 1. The Morgan fingerprint density at radius 2 is 1.97 bits per heavy atom. The van der Waals surface area contributed by atoms with Crippen molar-refractivity contribution < 1.29 is 4.39 Å². The molecule has 0 unspecified atom stereocenters. The molecule has 2 heterocycles. The van der Waals surface area contributed by atoms with Crippen LogP contribution in [0.3, 0.4) is 0 Å². The smallest absolute Gasteiger partial charge is 0.222 e. The van der Waals surface area contributed by atoms with Crippen LogP contribution in [0.2, 0.25) is 0 Å². The molecule has 4 rings (SSSR count). The zero-order valence-corrected chi connectivity index (χ0v) is 16.2. The van der Waals surface area contributed by atoms with Crippen molar-refractivity contribution in [2.45, 2.75) is 13.0 Å². The lowest BCUT2D eigenvalue weighted by Gasteiger charge is -2.19. The van der Waals surface area contributed by atoms with Crippen molar-refractivity contribution in [1.29, 1.82) is 5.26 Å². The summed E-state index contributed by atoms with van der Waals surface area (Å²) in [6, 6.07) is 15.5. The van der Waals surface area contributed by atoms with E-state index in [1.807, 2.05) is 34.9 Å². The molecule has 0 aliphatic carbocycles. The van der Waals surface area contributed by atoms with Crippen LogP contribution in [0.4, 0.5) is 16.2 Å². The van der Waals surface area contributed by atoms with Gasteiger partial charge in [-0.1, -0.05) is 24.3 Å². The standard InChI is InChI=1S/C22H18FN7/c1-3-17(27-20-16(12-24)13(2)26-22(25)29-20)21-28-18-10-9-14(23)11-19(18)30(21)15-7-5-4-6-8-15/h3-11,17H,1H2,2H3,(H3,25,26,27,29)/t17-/m0/s1. The number of rotatable bonds is 5. The third-order valence-electron chi connectivity index (χ3n) is 4.68. The largest absolute Gasteiger partial charge is 0.368 e. The third-order valence-corrected chi connectivity index (χ3v) is 4.68. The van der Waals surface area contributed by atoms with E-state index in [0.29, 0.717) is 22.6 Å². The summed E-state index contributed by atoms with van der Waals surface area (Å²) in [6.07, 6.45) is 1.64. The number of hydrogen-bond acceptors (Lipinski definition) is 6. The van der Waals surface area contributed by atoms with Gasteiger partial charge < -0.3 is 11.1 Å². The molecule has 0 aliphatic heterocycles. The molecule has 7 nitrogen and oxygen atoms in total. The molecule has 2 aromatic carbocycles. The minimum absolute atomic E-state index is 0.0513. The number of nitrogens with two attached hydrogens (primary N) is 1. The molecule has 0 aliphatic rings. The lowest BCUT2D eigenvalue weighted by molar-refractivity contribution is 0.629. The number of nitrogens with zero attached hydrogens (tertiary/aromatic N) is 5. The van der Waals surface area contributed by atoms with Crippen molar-refractivity contribution in [2.24, 2.45) is 0 Å². The SMILES string of the molecule is C=C[C@H](Nc1nc(N)nc(C)c1C#N)c1nc2ccc(F)cc2n1-c1ccccc1. The van der Waals surface area contributed by atoms with E-state index in [4.69, 9.17) is 10.7 Å². The molecule has 3 N–H and O–H groups in total. The fourth-order valence-corrected chi connectivity index (χ4v) is 3.33. The molecule has 1 atom stereocenters. The van der Waals surface area contributed by atoms with Gasteiger partial charge in [-0.15, -0.1) is 6.58 Å². The van der Waals surface area contributed by atoms with Gasteiger partial charge in [-0.25, -0.2) is 14.4 Å².